The molecule has 1 fully saturated rings. The average Bonchev–Trinajstić information content (AvgIpc) is 2.85. The third-order valence-electron chi connectivity index (χ3n) is 4.01. The molecule has 0 radical (unpaired) electrons. The number of hydrogen-bond acceptors (Lipinski definition) is 3. The number of carbonyl (C=O) groups excluding carboxylic acids is 1. The van der Waals surface area contributed by atoms with Crippen LogP contribution in [0.4, 0.5) is 13.2 Å². The number of halogens is 3. The van der Waals surface area contributed by atoms with Crippen LogP contribution >= 0.6 is 0 Å². The predicted molar refractivity (Wildman–Crippen MR) is 79.7 cm³/mol. The van der Waals surface area contributed by atoms with Crippen molar-refractivity contribution in [3.8, 4) is 0 Å². The summed E-state index contributed by atoms with van der Waals surface area (Å²) in [6.07, 6.45) is -4.68. The molecule has 1 aromatic carbocycles. The number of amides is 1. The molecule has 4 nitrogen and oxygen atoms in total. The second-order valence-electron chi connectivity index (χ2n) is 5.69. The number of alkyl halides is 3. The smallest absolute Gasteiger partial charge is 0.392 e. The number of nitrogens with one attached hydrogen (secondary N) is 1. The summed E-state index contributed by atoms with van der Waals surface area (Å²) < 4.78 is 39.6. The van der Waals surface area contributed by atoms with Crippen LogP contribution in [0.5, 0.6) is 0 Å². The molecule has 128 valence electrons. The molecule has 2 unspecified atom stereocenters. The van der Waals surface area contributed by atoms with Crippen LogP contribution in [0.3, 0.4) is 0 Å². The van der Waals surface area contributed by atoms with E-state index in [0.717, 1.165) is 6.07 Å². The number of β-amino-alcohol motifs (C(OH)–C–C–N with tert-alkyl or cyclic N) is 1. The van der Waals surface area contributed by atoms with Gasteiger partial charge in [-0.15, -0.1) is 0 Å². The van der Waals surface area contributed by atoms with E-state index in [1.165, 1.54) is 12.1 Å². The Balaban J connectivity index is 2.18. The summed E-state index contributed by atoms with van der Waals surface area (Å²) in [4.78, 5) is 13.3. The van der Waals surface area contributed by atoms with Gasteiger partial charge in [0.15, 0.2) is 0 Å². The highest BCUT2D eigenvalue weighted by atomic mass is 19.4. The molecule has 1 aromatic rings. The lowest BCUT2D eigenvalue weighted by molar-refractivity contribution is -0.138. The minimum atomic E-state index is -4.44. The van der Waals surface area contributed by atoms with Gasteiger partial charge in [-0.3, -0.25) is 9.69 Å². The minimum absolute atomic E-state index is 0.142. The van der Waals surface area contributed by atoms with Crippen molar-refractivity contribution >= 4 is 5.91 Å². The monoisotopic (exact) mass is 330 g/mol. The van der Waals surface area contributed by atoms with Gasteiger partial charge in [0.1, 0.15) is 0 Å². The fourth-order valence-corrected chi connectivity index (χ4v) is 3.03. The van der Waals surface area contributed by atoms with Crippen LogP contribution in [-0.4, -0.2) is 41.7 Å². The standard InChI is InChI=1S/C16H21F3N2O2/c1-2-20-15(23)7-8-21-10-11(22)9-14(21)12-5-3-4-6-13(12)16(17,18)19/h3-6,11,14,22H,2,7-10H2,1H3,(H,20,23). The number of aliphatic hydroxyl groups is 1. The van der Waals surface area contributed by atoms with Crippen molar-refractivity contribution in [3.05, 3.63) is 35.4 Å². The van der Waals surface area contributed by atoms with Crippen LogP contribution in [0.15, 0.2) is 24.3 Å². The Morgan fingerprint density at radius 1 is 1.39 bits per heavy atom. The molecule has 0 saturated carbocycles. The number of hydrogen-bond donors (Lipinski definition) is 2. The number of likely N-dealkylation sites (tertiary alicyclic amines) is 1. The lowest BCUT2D eigenvalue weighted by Gasteiger charge is -2.26. The molecule has 0 aliphatic carbocycles. The Bertz CT molecular complexity index is 548. The van der Waals surface area contributed by atoms with E-state index in [-0.39, 0.29) is 30.9 Å². The van der Waals surface area contributed by atoms with Gasteiger partial charge in [0, 0.05) is 32.1 Å². The van der Waals surface area contributed by atoms with Crippen LogP contribution in [0, 0.1) is 0 Å². The van der Waals surface area contributed by atoms with E-state index in [9.17, 15) is 23.1 Å². The third kappa shape index (κ3) is 4.45. The van der Waals surface area contributed by atoms with E-state index < -0.39 is 23.9 Å². The average molecular weight is 330 g/mol. The Kier molecular flexibility index (Phi) is 5.64. The molecule has 1 heterocycles. The van der Waals surface area contributed by atoms with Crippen LogP contribution in [-0.2, 0) is 11.0 Å². The maximum absolute atomic E-state index is 13.2. The molecule has 0 bridgehead atoms. The van der Waals surface area contributed by atoms with Crippen molar-refractivity contribution in [2.45, 2.75) is 38.1 Å². The molecule has 2 N–H and O–H groups in total. The first kappa shape index (κ1) is 17.7. The first-order valence-corrected chi connectivity index (χ1v) is 7.67. The molecule has 0 spiro atoms. The summed E-state index contributed by atoms with van der Waals surface area (Å²) in [6, 6.07) is 4.90. The second kappa shape index (κ2) is 7.31. The van der Waals surface area contributed by atoms with Crippen molar-refractivity contribution in [1.29, 1.82) is 0 Å². The normalized spacial score (nSPS) is 22.3. The zero-order chi connectivity index (χ0) is 17.0. The number of aliphatic hydroxyl groups excluding tert-OH is 1. The lowest BCUT2D eigenvalue weighted by Crippen LogP contribution is -2.32. The molecule has 7 heteroatoms. The van der Waals surface area contributed by atoms with Gasteiger partial charge in [0.05, 0.1) is 11.7 Å². The fraction of sp³-hybridized carbons (Fsp3) is 0.562. The summed E-state index contributed by atoms with van der Waals surface area (Å²) in [5, 5.41) is 12.5. The van der Waals surface area contributed by atoms with Gasteiger partial charge in [0.25, 0.3) is 0 Å². The molecule has 1 amide bonds. The van der Waals surface area contributed by atoms with E-state index in [1.54, 1.807) is 17.9 Å². The largest absolute Gasteiger partial charge is 0.416 e. The highest BCUT2D eigenvalue weighted by Crippen LogP contribution is 2.40. The quantitative estimate of drug-likeness (QED) is 0.871. The zero-order valence-corrected chi connectivity index (χ0v) is 12.9. The molecule has 1 aliphatic rings. The molecule has 1 saturated heterocycles. The molecular weight excluding hydrogens is 309 g/mol. The van der Waals surface area contributed by atoms with Gasteiger partial charge >= 0.3 is 6.18 Å². The number of rotatable bonds is 5. The number of nitrogens with zero attached hydrogens (tertiary/aromatic N) is 1. The Hall–Kier alpha value is -1.60. The third-order valence-corrected chi connectivity index (χ3v) is 4.01. The summed E-state index contributed by atoms with van der Waals surface area (Å²) in [5.41, 5.74) is -0.519. The highest BCUT2D eigenvalue weighted by molar-refractivity contribution is 5.75. The maximum atomic E-state index is 13.2. The van der Waals surface area contributed by atoms with E-state index in [2.05, 4.69) is 5.32 Å². The van der Waals surface area contributed by atoms with Gasteiger partial charge < -0.3 is 10.4 Å². The van der Waals surface area contributed by atoms with Gasteiger partial charge in [-0.05, 0) is 25.0 Å². The summed E-state index contributed by atoms with van der Waals surface area (Å²) >= 11 is 0. The minimum Gasteiger partial charge on any atom is -0.392 e. The molecule has 2 atom stereocenters. The van der Waals surface area contributed by atoms with Gasteiger partial charge in [-0.1, -0.05) is 18.2 Å². The summed E-state index contributed by atoms with van der Waals surface area (Å²) in [6.45, 7) is 2.91. The second-order valence-corrected chi connectivity index (χ2v) is 5.69. The van der Waals surface area contributed by atoms with Gasteiger partial charge in [-0.25, -0.2) is 0 Å². The topological polar surface area (TPSA) is 52.6 Å². The van der Waals surface area contributed by atoms with Crippen molar-refractivity contribution in [1.82, 2.24) is 10.2 Å². The Morgan fingerprint density at radius 3 is 2.74 bits per heavy atom. The SMILES string of the molecule is CCNC(=O)CCN1CC(O)CC1c1ccccc1C(F)(F)F. The van der Waals surface area contributed by atoms with Gasteiger partial charge in [0.2, 0.25) is 5.91 Å². The van der Waals surface area contributed by atoms with Crippen molar-refractivity contribution in [3.63, 3.8) is 0 Å². The van der Waals surface area contributed by atoms with E-state index in [1.807, 2.05) is 0 Å². The van der Waals surface area contributed by atoms with Crippen molar-refractivity contribution in [2.75, 3.05) is 19.6 Å². The van der Waals surface area contributed by atoms with E-state index in [0.29, 0.717) is 13.1 Å². The summed E-state index contributed by atoms with van der Waals surface area (Å²) in [7, 11) is 0. The number of benzene rings is 1. The van der Waals surface area contributed by atoms with E-state index in [4.69, 9.17) is 0 Å². The van der Waals surface area contributed by atoms with Crippen LogP contribution in [0.25, 0.3) is 0 Å². The highest BCUT2D eigenvalue weighted by Gasteiger charge is 2.39. The first-order chi connectivity index (χ1) is 10.8. The molecule has 2 rings (SSSR count). The van der Waals surface area contributed by atoms with Crippen molar-refractivity contribution in [2.24, 2.45) is 0 Å². The molecule has 23 heavy (non-hydrogen) atoms. The maximum Gasteiger partial charge on any atom is 0.416 e. The number of carbonyl (C=O) groups is 1. The van der Waals surface area contributed by atoms with Crippen LogP contribution in [0.2, 0.25) is 0 Å². The van der Waals surface area contributed by atoms with Crippen LogP contribution < -0.4 is 5.32 Å². The van der Waals surface area contributed by atoms with Crippen LogP contribution in [0.1, 0.15) is 36.9 Å². The molecule has 0 aromatic heterocycles. The predicted octanol–water partition coefficient (Wildman–Crippen LogP) is 2.34. The van der Waals surface area contributed by atoms with Crippen molar-refractivity contribution < 1.29 is 23.1 Å². The fourth-order valence-electron chi connectivity index (χ4n) is 3.03. The van der Waals surface area contributed by atoms with Gasteiger partial charge in [-0.2, -0.15) is 13.2 Å². The molecular formula is C16H21F3N2O2. The molecule has 1 aliphatic heterocycles. The first-order valence-electron chi connectivity index (χ1n) is 7.67. The Morgan fingerprint density at radius 2 is 2.09 bits per heavy atom. The zero-order valence-electron chi connectivity index (χ0n) is 12.9. The summed E-state index contributed by atoms with van der Waals surface area (Å²) in [5.74, 6) is -0.142. The Labute approximate surface area is 133 Å². The lowest BCUT2D eigenvalue weighted by atomic mass is 9.97. The van der Waals surface area contributed by atoms with E-state index >= 15 is 0 Å².